The van der Waals surface area contributed by atoms with Crippen LogP contribution < -0.4 is 5.43 Å². The Morgan fingerprint density at radius 1 is 1.24 bits per heavy atom. The number of nitrogens with zero attached hydrogens (tertiary/aromatic N) is 5. The van der Waals surface area contributed by atoms with Gasteiger partial charge in [-0.05, 0) is 53.6 Å². The number of tetrazole rings is 1. The van der Waals surface area contributed by atoms with Gasteiger partial charge in [0.15, 0.2) is 0 Å². The molecule has 3 aromatic rings. The zero-order valence-corrected chi connectivity index (χ0v) is 13.7. The number of hydrogen-bond acceptors (Lipinski definition) is 6. The minimum atomic E-state index is -0.475. The molecule has 0 bridgehead atoms. The summed E-state index contributed by atoms with van der Waals surface area (Å²) < 4.78 is 1.53. The highest BCUT2D eigenvalue weighted by molar-refractivity contribution is 6.02. The van der Waals surface area contributed by atoms with Crippen molar-refractivity contribution in [3.05, 3.63) is 65.5 Å². The molecule has 25 heavy (non-hydrogen) atoms. The first-order valence-corrected chi connectivity index (χ1v) is 7.53. The number of amides is 1. The van der Waals surface area contributed by atoms with E-state index in [1.54, 1.807) is 32.0 Å². The lowest BCUT2D eigenvalue weighted by atomic mass is 10.1. The molecule has 0 aliphatic heterocycles. The Balaban J connectivity index is 1.79. The van der Waals surface area contributed by atoms with Crippen LogP contribution in [0.2, 0.25) is 0 Å². The zero-order valence-electron chi connectivity index (χ0n) is 13.7. The summed E-state index contributed by atoms with van der Waals surface area (Å²) >= 11 is 0. The van der Waals surface area contributed by atoms with Gasteiger partial charge in [0.2, 0.25) is 0 Å². The lowest BCUT2D eigenvalue weighted by Gasteiger charge is -2.07. The molecular weight excluding hydrogens is 320 g/mol. The number of hydrogen-bond donors (Lipinski definition) is 2. The van der Waals surface area contributed by atoms with Crippen molar-refractivity contribution in [1.29, 1.82) is 0 Å². The highest BCUT2D eigenvalue weighted by Crippen LogP contribution is 2.21. The molecule has 2 aromatic carbocycles. The Bertz CT molecular complexity index is 934. The summed E-state index contributed by atoms with van der Waals surface area (Å²) in [5.41, 5.74) is 5.46. The Morgan fingerprint density at radius 2 is 2.04 bits per heavy atom. The van der Waals surface area contributed by atoms with E-state index >= 15 is 0 Å². The third kappa shape index (κ3) is 3.52. The number of aromatic hydroxyl groups is 1. The van der Waals surface area contributed by atoms with Gasteiger partial charge in [0.1, 0.15) is 12.1 Å². The zero-order chi connectivity index (χ0) is 17.8. The van der Waals surface area contributed by atoms with Gasteiger partial charge in [-0.3, -0.25) is 4.79 Å². The molecule has 0 saturated heterocycles. The smallest absolute Gasteiger partial charge is 0.275 e. The molecule has 8 heteroatoms. The summed E-state index contributed by atoms with van der Waals surface area (Å²) in [4.78, 5) is 12.2. The third-order valence-electron chi connectivity index (χ3n) is 3.69. The molecule has 0 aliphatic carbocycles. The molecule has 0 unspecified atom stereocenters. The Kier molecular flexibility index (Phi) is 4.51. The molecule has 126 valence electrons. The van der Waals surface area contributed by atoms with Gasteiger partial charge < -0.3 is 5.11 Å². The summed E-state index contributed by atoms with van der Waals surface area (Å²) in [7, 11) is 0. The topological polar surface area (TPSA) is 105 Å². The maximum absolute atomic E-state index is 12.2. The number of benzene rings is 2. The molecule has 0 saturated carbocycles. The van der Waals surface area contributed by atoms with Crippen LogP contribution in [0.15, 0.2) is 53.9 Å². The molecule has 0 aliphatic rings. The monoisotopic (exact) mass is 336 g/mol. The van der Waals surface area contributed by atoms with Crippen molar-refractivity contribution in [2.75, 3.05) is 0 Å². The maximum atomic E-state index is 12.2. The van der Waals surface area contributed by atoms with E-state index in [2.05, 4.69) is 26.1 Å². The minimum absolute atomic E-state index is 0.0477. The number of phenols is 1. The molecular formula is C17H16N6O2. The number of carbonyl (C=O) groups excluding carboxylic acids is 1. The van der Waals surface area contributed by atoms with Crippen molar-refractivity contribution in [1.82, 2.24) is 25.6 Å². The summed E-state index contributed by atoms with van der Waals surface area (Å²) in [5, 5.41) is 25.1. The lowest BCUT2D eigenvalue weighted by Crippen LogP contribution is -2.19. The van der Waals surface area contributed by atoms with Crippen LogP contribution in [0.5, 0.6) is 5.75 Å². The number of nitrogens with one attached hydrogen (secondary N) is 1. The molecule has 8 nitrogen and oxygen atoms in total. The van der Waals surface area contributed by atoms with Crippen molar-refractivity contribution >= 4 is 11.6 Å². The van der Waals surface area contributed by atoms with Crippen molar-refractivity contribution in [3.63, 3.8) is 0 Å². The number of phenolic OH excluding ortho intramolecular Hbond substituents is 1. The van der Waals surface area contributed by atoms with E-state index in [9.17, 15) is 9.90 Å². The van der Waals surface area contributed by atoms with Gasteiger partial charge in [0.05, 0.1) is 17.0 Å². The first kappa shape index (κ1) is 16.3. The van der Waals surface area contributed by atoms with Crippen LogP contribution in [0.25, 0.3) is 5.69 Å². The standard InChI is InChI=1S/C17H16N6O2/c1-11-5-3-8-15(16(11)24)17(25)20-19-12(2)13-6-4-7-14(9-13)23-10-18-21-22-23/h3-10,24H,1-2H3,(H,20,25)/b19-12-. The molecule has 0 spiro atoms. The van der Waals surface area contributed by atoms with Crippen molar-refractivity contribution in [3.8, 4) is 11.4 Å². The van der Waals surface area contributed by atoms with E-state index < -0.39 is 5.91 Å². The Morgan fingerprint density at radius 3 is 2.80 bits per heavy atom. The fourth-order valence-electron chi connectivity index (χ4n) is 2.25. The van der Waals surface area contributed by atoms with E-state index in [4.69, 9.17) is 0 Å². The van der Waals surface area contributed by atoms with E-state index in [0.29, 0.717) is 11.3 Å². The fraction of sp³-hybridized carbons (Fsp3) is 0.118. The normalized spacial score (nSPS) is 11.4. The van der Waals surface area contributed by atoms with Gasteiger partial charge in [-0.15, -0.1) is 5.10 Å². The molecule has 1 amide bonds. The predicted molar refractivity (Wildman–Crippen MR) is 91.7 cm³/mol. The van der Waals surface area contributed by atoms with Crippen LogP contribution in [0, 0.1) is 6.92 Å². The Hall–Kier alpha value is -3.55. The predicted octanol–water partition coefficient (Wildman–Crippen LogP) is 1.83. The van der Waals surface area contributed by atoms with E-state index in [1.165, 1.54) is 11.0 Å². The summed E-state index contributed by atoms with van der Waals surface area (Å²) in [6.07, 6.45) is 1.49. The third-order valence-corrected chi connectivity index (χ3v) is 3.69. The van der Waals surface area contributed by atoms with Crippen LogP contribution in [0.4, 0.5) is 0 Å². The highest BCUT2D eigenvalue weighted by atomic mass is 16.3. The molecule has 3 rings (SSSR count). The second-order valence-corrected chi connectivity index (χ2v) is 5.41. The summed E-state index contributed by atoms with van der Waals surface area (Å²) in [5.74, 6) is -0.522. The second kappa shape index (κ2) is 6.91. The van der Waals surface area contributed by atoms with Gasteiger partial charge >= 0.3 is 0 Å². The van der Waals surface area contributed by atoms with Gasteiger partial charge in [0.25, 0.3) is 5.91 Å². The van der Waals surface area contributed by atoms with Crippen LogP contribution in [-0.2, 0) is 0 Å². The average Bonchev–Trinajstić information content (AvgIpc) is 3.16. The van der Waals surface area contributed by atoms with Crippen molar-refractivity contribution in [2.45, 2.75) is 13.8 Å². The average molecular weight is 336 g/mol. The van der Waals surface area contributed by atoms with Crippen LogP contribution in [0.3, 0.4) is 0 Å². The first-order chi connectivity index (χ1) is 12.1. The van der Waals surface area contributed by atoms with Crippen molar-refractivity contribution in [2.24, 2.45) is 5.10 Å². The SMILES string of the molecule is C/C(=N/NC(=O)c1cccc(C)c1O)c1cccc(-n2cnnn2)c1. The van der Waals surface area contributed by atoms with E-state index in [-0.39, 0.29) is 11.3 Å². The number of aryl methyl sites for hydroxylation is 1. The number of rotatable bonds is 4. The lowest BCUT2D eigenvalue weighted by molar-refractivity contribution is 0.0952. The molecule has 1 heterocycles. The van der Waals surface area contributed by atoms with Crippen LogP contribution in [0.1, 0.15) is 28.4 Å². The van der Waals surface area contributed by atoms with Gasteiger partial charge in [-0.25, -0.2) is 10.1 Å². The van der Waals surface area contributed by atoms with E-state index in [1.807, 2.05) is 24.3 Å². The minimum Gasteiger partial charge on any atom is -0.507 e. The van der Waals surface area contributed by atoms with Crippen LogP contribution >= 0.6 is 0 Å². The largest absolute Gasteiger partial charge is 0.507 e. The molecule has 0 radical (unpaired) electrons. The number of hydrazone groups is 1. The maximum Gasteiger partial charge on any atom is 0.275 e. The number of carbonyl (C=O) groups is 1. The quantitative estimate of drug-likeness (QED) is 0.558. The van der Waals surface area contributed by atoms with Crippen molar-refractivity contribution < 1.29 is 9.90 Å². The van der Waals surface area contributed by atoms with Gasteiger partial charge in [0, 0.05) is 0 Å². The first-order valence-electron chi connectivity index (χ1n) is 7.53. The molecule has 0 fully saturated rings. The van der Waals surface area contributed by atoms with Gasteiger partial charge in [-0.2, -0.15) is 5.10 Å². The molecule has 2 N–H and O–H groups in total. The fourth-order valence-corrected chi connectivity index (χ4v) is 2.25. The number of aromatic nitrogens is 4. The number of para-hydroxylation sites is 1. The molecule has 0 atom stereocenters. The second-order valence-electron chi connectivity index (χ2n) is 5.41. The van der Waals surface area contributed by atoms with Gasteiger partial charge in [-0.1, -0.05) is 24.3 Å². The Labute approximate surface area is 143 Å². The van der Waals surface area contributed by atoms with E-state index in [0.717, 1.165) is 11.3 Å². The summed E-state index contributed by atoms with van der Waals surface area (Å²) in [6, 6.07) is 12.4. The molecule has 1 aromatic heterocycles. The summed E-state index contributed by atoms with van der Waals surface area (Å²) in [6.45, 7) is 3.50. The highest BCUT2D eigenvalue weighted by Gasteiger charge is 2.12. The van der Waals surface area contributed by atoms with Crippen LogP contribution in [-0.4, -0.2) is 36.9 Å².